The summed E-state index contributed by atoms with van der Waals surface area (Å²) in [4.78, 5) is 37.2. The normalized spacial score (nSPS) is 22.3. The third-order valence-corrected chi connectivity index (χ3v) is 4.91. The van der Waals surface area contributed by atoms with Crippen molar-refractivity contribution in [3.63, 3.8) is 0 Å². The number of amides is 2. The Morgan fingerprint density at radius 1 is 1.17 bits per heavy atom. The minimum Gasteiger partial charge on any atom is -0.353 e. The number of nitrogens with one attached hydrogen (secondary N) is 2. The van der Waals surface area contributed by atoms with E-state index in [2.05, 4.69) is 15.5 Å². The molecule has 126 valence electrons. The zero-order valence-electron chi connectivity index (χ0n) is 13.4. The van der Waals surface area contributed by atoms with Crippen molar-refractivity contribution >= 4 is 11.8 Å². The second-order valence-electron chi connectivity index (χ2n) is 6.41. The Morgan fingerprint density at radius 3 is 2.61 bits per heavy atom. The Morgan fingerprint density at radius 2 is 1.91 bits per heavy atom. The van der Waals surface area contributed by atoms with Crippen molar-refractivity contribution in [1.29, 1.82) is 0 Å². The molecule has 1 unspecified atom stereocenters. The van der Waals surface area contributed by atoms with Crippen LogP contribution in [0.25, 0.3) is 0 Å². The number of fused-ring (bicyclic) bond motifs is 1. The van der Waals surface area contributed by atoms with Gasteiger partial charge in [0, 0.05) is 44.9 Å². The van der Waals surface area contributed by atoms with Crippen LogP contribution in [0, 0.1) is 5.92 Å². The van der Waals surface area contributed by atoms with Gasteiger partial charge in [0.25, 0.3) is 0 Å². The Kier molecular flexibility index (Phi) is 4.49. The Hall–Kier alpha value is -2.12. The van der Waals surface area contributed by atoms with Gasteiger partial charge < -0.3 is 10.2 Å². The van der Waals surface area contributed by atoms with E-state index in [4.69, 9.17) is 0 Å². The first kappa shape index (κ1) is 15.8. The number of piperidine rings is 1. The summed E-state index contributed by atoms with van der Waals surface area (Å²) in [5.41, 5.74) is -0.177. The maximum Gasteiger partial charge on any atom is 0.343 e. The molecular formula is C15H23N5O3. The van der Waals surface area contributed by atoms with Crippen molar-refractivity contribution in [2.75, 3.05) is 13.1 Å². The standard InChI is InChI=1S/C15H23N5O3/c1-10(21)19-7-4-11(5-8-19)14(22)16-12-2-3-13-17-18-15(23)20(13)9-6-12/h11-12H,2-9H2,1H3,(H,16,22)(H,18,23). The van der Waals surface area contributed by atoms with Gasteiger partial charge in [0.15, 0.2) is 0 Å². The van der Waals surface area contributed by atoms with Crippen LogP contribution < -0.4 is 11.0 Å². The summed E-state index contributed by atoms with van der Waals surface area (Å²) in [6.07, 6.45) is 3.66. The van der Waals surface area contributed by atoms with Crippen LogP contribution in [0.3, 0.4) is 0 Å². The molecule has 0 aliphatic carbocycles. The number of carbonyl (C=O) groups excluding carboxylic acids is 2. The summed E-state index contributed by atoms with van der Waals surface area (Å²) in [5.74, 6) is 0.898. The number of likely N-dealkylation sites (tertiary alicyclic amines) is 1. The van der Waals surface area contributed by atoms with E-state index in [-0.39, 0.29) is 29.5 Å². The molecular weight excluding hydrogens is 298 g/mol. The summed E-state index contributed by atoms with van der Waals surface area (Å²) < 4.78 is 1.65. The minimum atomic E-state index is -0.177. The van der Waals surface area contributed by atoms with Gasteiger partial charge >= 0.3 is 5.69 Å². The summed E-state index contributed by atoms with van der Waals surface area (Å²) in [6.45, 7) is 3.46. The van der Waals surface area contributed by atoms with Gasteiger partial charge in [-0.05, 0) is 25.7 Å². The summed E-state index contributed by atoms with van der Waals surface area (Å²) in [6, 6.07) is 0.0782. The lowest BCUT2D eigenvalue weighted by Crippen LogP contribution is -2.45. The number of carbonyl (C=O) groups is 2. The highest BCUT2D eigenvalue weighted by molar-refractivity contribution is 5.79. The Balaban J connectivity index is 1.51. The van der Waals surface area contributed by atoms with Crippen LogP contribution in [0.1, 0.15) is 38.4 Å². The van der Waals surface area contributed by atoms with Gasteiger partial charge in [0.1, 0.15) is 5.82 Å². The lowest BCUT2D eigenvalue weighted by atomic mass is 9.95. The van der Waals surface area contributed by atoms with Gasteiger partial charge in [0.2, 0.25) is 11.8 Å². The van der Waals surface area contributed by atoms with Gasteiger partial charge in [-0.2, -0.15) is 5.10 Å². The zero-order chi connectivity index (χ0) is 16.4. The number of aromatic amines is 1. The topological polar surface area (TPSA) is 100 Å². The quantitative estimate of drug-likeness (QED) is 0.777. The molecule has 3 rings (SSSR count). The fourth-order valence-corrected chi connectivity index (χ4v) is 3.42. The highest BCUT2D eigenvalue weighted by Gasteiger charge is 2.28. The first-order chi connectivity index (χ1) is 11.0. The van der Waals surface area contributed by atoms with Crippen LogP contribution >= 0.6 is 0 Å². The van der Waals surface area contributed by atoms with E-state index in [0.29, 0.717) is 26.1 Å². The largest absolute Gasteiger partial charge is 0.353 e. The van der Waals surface area contributed by atoms with E-state index in [1.165, 1.54) is 0 Å². The molecule has 1 aromatic heterocycles. The molecule has 2 aliphatic rings. The highest BCUT2D eigenvalue weighted by atomic mass is 16.2. The van der Waals surface area contributed by atoms with Crippen LogP contribution in [-0.4, -0.2) is 50.6 Å². The van der Waals surface area contributed by atoms with E-state index in [1.807, 2.05) is 0 Å². The lowest BCUT2D eigenvalue weighted by molar-refractivity contribution is -0.134. The second kappa shape index (κ2) is 6.55. The molecule has 0 aromatic carbocycles. The van der Waals surface area contributed by atoms with Crippen LogP contribution in [0.4, 0.5) is 0 Å². The monoisotopic (exact) mass is 321 g/mol. The summed E-state index contributed by atoms with van der Waals surface area (Å²) in [5, 5.41) is 9.61. The molecule has 2 N–H and O–H groups in total. The van der Waals surface area contributed by atoms with E-state index in [1.54, 1.807) is 16.4 Å². The maximum atomic E-state index is 12.4. The molecule has 2 aliphatic heterocycles. The predicted octanol–water partition coefficient (Wildman–Crippen LogP) is -0.349. The SMILES string of the molecule is CC(=O)N1CCC(C(=O)NC2CCc3n[nH]c(=O)n3CC2)CC1. The van der Waals surface area contributed by atoms with Crippen molar-refractivity contribution < 1.29 is 9.59 Å². The maximum absolute atomic E-state index is 12.4. The number of aryl methyl sites for hydroxylation is 1. The van der Waals surface area contributed by atoms with E-state index < -0.39 is 0 Å². The number of rotatable bonds is 2. The highest BCUT2D eigenvalue weighted by Crippen LogP contribution is 2.19. The van der Waals surface area contributed by atoms with Crippen molar-refractivity contribution in [3.8, 4) is 0 Å². The molecule has 0 radical (unpaired) electrons. The average molecular weight is 321 g/mol. The molecule has 1 fully saturated rings. The zero-order valence-corrected chi connectivity index (χ0v) is 13.4. The smallest absolute Gasteiger partial charge is 0.343 e. The first-order valence-corrected chi connectivity index (χ1v) is 8.24. The fourth-order valence-electron chi connectivity index (χ4n) is 3.42. The molecule has 1 aromatic rings. The number of H-pyrrole nitrogens is 1. The van der Waals surface area contributed by atoms with E-state index >= 15 is 0 Å². The Labute approximate surface area is 134 Å². The molecule has 0 bridgehead atoms. The van der Waals surface area contributed by atoms with E-state index in [0.717, 1.165) is 31.5 Å². The molecule has 2 amide bonds. The molecule has 0 spiro atoms. The molecule has 3 heterocycles. The third kappa shape index (κ3) is 3.46. The average Bonchev–Trinajstić information content (AvgIpc) is 2.77. The molecule has 23 heavy (non-hydrogen) atoms. The Bertz CT molecular complexity index is 642. The van der Waals surface area contributed by atoms with Crippen LogP contribution in [0.2, 0.25) is 0 Å². The van der Waals surface area contributed by atoms with Gasteiger partial charge in [0.05, 0.1) is 0 Å². The minimum absolute atomic E-state index is 0.0192. The van der Waals surface area contributed by atoms with Gasteiger partial charge in [-0.15, -0.1) is 0 Å². The first-order valence-electron chi connectivity index (χ1n) is 8.24. The molecule has 0 saturated carbocycles. The van der Waals surface area contributed by atoms with Crippen LogP contribution in [0.5, 0.6) is 0 Å². The van der Waals surface area contributed by atoms with Gasteiger partial charge in [-0.1, -0.05) is 0 Å². The third-order valence-electron chi connectivity index (χ3n) is 4.91. The number of hydrogen-bond acceptors (Lipinski definition) is 4. The number of aromatic nitrogens is 3. The number of hydrogen-bond donors (Lipinski definition) is 2. The van der Waals surface area contributed by atoms with Crippen LogP contribution in [0.15, 0.2) is 4.79 Å². The van der Waals surface area contributed by atoms with E-state index in [9.17, 15) is 14.4 Å². The predicted molar refractivity (Wildman–Crippen MR) is 82.7 cm³/mol. The van der Waals surface area contributed by atoms with Gasteiger partial charge in [-0.3, -0.25) is 14.2 Å². The summed E-state index contributed by atoms with van der Waals surface area (Å²) in [7, 11) is 0. The van der Waals surface area contributed by atoms with Gasteiger partial charge in [-0.25, -0.2) is 9.89 Å². The van der Waals surface area contributed by atoms with Crippen molar-refractivity contribution in [2.24, 2.45) is 5.92 Å². The van der Waals surface area contributed by atoms with Crippen molar-refractivity contribution in [3.05, 3.63) is 16.3 Å². The number of nitrogens with zero attached hydrogens (tertiary/aromatic N) is 3. The molecule has 1 saturated heterocycles. The fraction of sp³-hybridized carbons (Fsp3) is 0.733. The van der Waals surface area contributed by atoms with Crippen molar-refractivity contribution in [1.82, 2.24) is 25.0 Å². The summed E-state index contributed by atoms with van der Waals surface area (Å²) >= 11 is 0. The van der Waals surface area contributed by atoms with Crippen LogP contribution in [-0.2, 0) is 22.6 Å². The lowest BCUT2D eigenvalue weighted by Gasteiger charge is -2.31. The second-order valence-corrected chi connectivity index (χ2v) is 6.41. The molecule has 1 atom stereocenters. The molecule has 8 heteroatoms. The van der Waals surface area contributed by atoms with Crippen molar-refractivity contribution in [2.45, 2.75) is 51.6 Å². The molecule has 8 nitrogen and oxygen atoms in total.